The Labute approximate surface area is 179 Å². The fourth-order valence-electron chi connectivity index (χ4n) is 2.40. The Morgan fingerprint density at radius 2 is 2.21 bits per heavy atom. The highest BCUT2D eigenvalue weighted by molar-refractivity contribution is 9.10. The number of hydrogen-bond acceptors (Lipinski definition) is 6. The highest BCUT2D eigenvalue weighted by atomic mass is 79.9. The summed E-state index contributed by atoms with van der Waals surface area (Å²) in [5.74, 6) is -2.51. The molecular weight excluding hydrogens is 457 g/mol. The molecule has 2 heterocycles. The first kappa shape index (κ1) is 16.2. The lowest BCUT2D eigenvalue weighted by atomic mass is 9.90. The second-order valence-corrected chi connectivity index (χ2v) is 6.60. The second kappa shape index (κ2) is 9.23. The first-order chi connectivity index (χ1) is 15.6. The summed E-state index contributed by atoms with van der Waals surface area (Å²) in [4.78, 5) is 17.7. The van der Waals surface area contributed by atoms with Crippen LogP contribution in [-0.4, -0.2) is 41.5 Å². The van der Waals surface area contributed by atoms with E-state index in [0.29, 0.717) is 0 Å². The molecule has 0 amide bonds. The maximum absolute atomic E-state index is 14.1. The molecule has 5 N–H and O–H groups in total. The van der Waals surface area contributed by atoms with Gasteiger partial charge in [0.2, 0.25) is 0 Å². The highest BCUT2D eigenvalue weighted by Crippen LogP contribution is 2.39. The molecular formula is C18H18BrF3N4O3. The Morgan fingerprint density at radius 1 is 1.48 bits per heavy atom. The van der Waals surface area contributed by atoms with E-state index in [0.717, 1.165) is 12.1 Å². The number of aromatic nitrogens is 1. The number of nitrogen functional groups attached to an aromatic ring is 1. The van der Waals surface area contributed by atoms with Gasteiger partial charge in [-0.15, -0.1) is 0 Å². The number of carboxylic acid groups (broad SMARTS) is 1. The van der Waals surface area contributed by atoms with Crippen LogP contribution in [0.5, 0.6) is 0 Å². The van der Waals surface area contributed by atoms with Crippen molar-refractivity contribution in [3.63, 3.8) is 0 Å². The molecule has 0 radical (unpaired) electrons. The predicted octanol–water partition coefficient (Wildman–Crippen LogP) is 3.11. The normalized spacial score (nSPS) is 21.6. The lowest BCUT2D eigenvalue weighted by Crippen LogP contribution is -2.45. The van der Waals surface area contributed by atoms with Crippen molar-refractivity contribution in [1.29, 1.82) is 0 Å². The van der Waals surface area contributed by atoms with Gasteiger partial charge in [-0.2, -0.15) is 0 Å². The minimum absolute atomic E-state index is 0.0122. The quantitative estimate of drug-likeness (QED) is 0.581. The molecule has 2 aromatic rings. The number of alkyl halides is 2. The van der Waals surface area contributed by atoms with Crippen LogP contribution in [0.1, 0.15) is 28.5 Å². The maximum Gasteiger partial charge on any atom is 0.354 e. The number of carboxylic acids is 1. The number of pyridine rings is 1. The maximum atomic E-state index is 14.1. The first-order valence-corrected chi connectivity index (χ1v) is 8.56. The average Bonchev–Trinajstić information content (AvgIpc) is 2.69. The van der Waals surface area contributed by atoms with Gasteiger partial charge in [0.05, 0.1) is 13.8 Å². The minimum Gasteiger partial charge on any atom is -0.477 e. The number of anilines is 1. The summed E-state index contributed by atoms with van der Waals surface area (Å²) >= 11 is 2.93. The summed E-state index contributed by atoms with van der Waals surface area (Å²) in [5, 5.41) is 8.70. The molecule has 7 nitrogen and oxygen atoms in total. The number of rotatable bonds is 3. The van der Waals surface area contributed by atoms with Gasteiger partial charge in [0, 0.05) is 21.5 Å². The van der Waals surface area contributed by atoms with Gasteiger partial charge in [0.25, 0.3) is 6.43 Å². The van der Waals surface area contributed by atoms with E-state index >= 15 is 0 Å². The lowest BCUT2D eigenvalue weighted by Gasteiger charge is -2.33. The number of ether oxygens (including phenoxy) is 1. The van der Waals surface area contributed by atoms with Gasteiger partial charge in [-0.05, 0) is 46.5 Å². The van der Waals surface area contributed by atoms with E-state index in [2.05, 4.69) is 25.9 Å². The standard InChI is InChI=1S/C11H11BrF3N3O.C7H7NO2/c12-7-2-5(16)1-6(9(7)13)11(10(14)15)4-19-3-8(17)18-11;1-5-3-2-4-8-6(5)7(9)10/h1-2,10H,3-4,16H2,(H2,17,18);2-4H,1H3,(H,9,10)/t11-;/m0./s1/i;1D3,3D,4D. The first-order valence-electron chi connectivity index (χ1n) is 10.3. The Kier molecular flexibility index (Phi) is 5.14. The van der Waals surface area contributed by atoms with Crippen LogP contribution in [-0.2, 0) is 10.3 Å². The molecule has 0 unspecified atom stereocenters. The number of carbonyl (C=O) groups is 1. The number of benzene rings is 1. The molecule has 1 aliphatic heterocycles. The summed E-state index contributed by atoms with van der Waals surface area (Å²) in [6.45, 7) is -3.23. The van der Waals surface area contributed by atoms with E-state index in [1.807, 2.05) is 0 Å². The van der Waals surface area contributed by atoms with Gasteiger partial charge < -0.3 is 21.3 Å². The molecule has 1 aromatic carbocycles. The molecule has 3 rings (SSSR count). The van der Waals surface area contributed by atoms with Crippen molar-refractivity contribution in [3.05, 3.63) is 57.5 Å². The monoisotopic (exact) mass is 479 g/mol. The molecule has 0 fully saturated rings. The van der Waals surface area contributed by atoms with E-state index in [1.165, 1.54) is 6.07 Å². The smallest absolute Gasteiger partial charge is 0.354 e. The molecule has 1 atom stereocenters. The van der Waals surface area contributed by atoms with E-state index in [4.69, 9.17) is 28.2 Å². The van der Waals surface area contributed by atoms with Crippen LogP contribution in [0.15, 0.2) is 39.9 Å². The van der Waals surface area contributed by atoms with Gasteiger partial charge in [-0.1, -0.05) is 6.04 Å². The largest absolute Gasteiger partial charge is 0.477 e. The third kappa shape index (κ3) is 5.04. The molecule has 0 spiro atoms. The van der Waals surface area contributed by atoms with Crippen LogP contribution in [0.2, 0.25) is 0 Å². The van der Waals surface area contributed by atoms with Crippen LogP contribution < -0.4 is 11.5 Å². The SMILES string of the molecule is NC1=N[C@@](c2cc(N)cc(Br)c2F)(C(F)F)COC1.[2H]c1cc([2H])c(C([2H])([2H])[2H])c(C(=O)O)n1. The van der Waals surface area contributed by atoms with Crippen LogP contribution in [0, 0.1) is 12.7 Å². The topological polar surface area (TPSA) is 124 Å². The van der Waals surface area contributed by atoms with Crippen LogP contribution in [0.25, 0.3) is 0 Å². The van der Waals surface area contributed by atoms with Crippen molar-refractivity contribution < 1.29 is 34.7 Å². The average molecular weight is 480 g/mol. The molecule has 1 aliphatic rings. The molecule has 11 heteroatoms. The van der Waals surface area contributed by atoms with Gasteiger partial charge >= 0.3 is 5.97 Å². The van der Waals surface area contributed by atoms with Crippen molar-refractivity contribution >= 4 is 33.4 Å². The molecule has 0 saturated carbocycles. The number of hydrogen-bond donors (Lipinski definition) is 3. The summed E-state index contributed by atoms with van der Waals surface area (Å²) in [5.41, 5.74) is 7.26. The molecule has 1 aromatic heterocycles. The van der Waals surface area contributed by atoms with E-state index in [-0.39, 0.29) is 28.2 Å². The molecule has 0 saturated heterocycles. The Hall–Kier alpha value is -2.66. The van der Waals surface area contributed by atoms with Crippen LogP contribution in [0.4, 0.5) is 18.9 Å². The summed E-state index contributed by atoms with van der Waals surface area (Å²) < 4.78 is 81.5. The second-order valence-electron chi connectivity index (χ2n) is 5.74. The molecule has 0 bridgehead atoms. The highest BCUT2D eigenvalue weighted by Gasteiger charge is 2.46. The fraction of sp³-hybridized carbons (Fsp3) is 0.278. The summed E-state index contributed by atoms with van der Waals surface area (Å²) in [6.07, 6.45) is -3.42. The Balaban J connectivity index is 0.000000248. The Bertz CT molecular complexity index is 1140. The van der Waals surface area contributed by atoms with Crippen molar-refractivity contribution in [2.24, 2.45) is 10.7 Å². The van der Waals surface area contributed by atoms with E-state index in [9.17, 15) is 18.0 Å². The minimum atomic E-state index is -2.98. The number of nitrogens with two attached hydrogens (primary N) is 2. The predicted molar refractivity (Wildman–Crippen MR) is 105 cm³/mol. The third-order valence-electron chi connectivity index (χ3n) is 3.69. The lowest BCUT2D eigenvalue weighted by molar-refractivity contribution is -0.0146. The summed E-state index contributed by atoms with van der Waals surface area (Å²) in [6, 6.07) is 2.80. The van der Waals surface area contributed by atoms with Crippen LogP contribution >= 0.6 is 15.9 Å². The van der Waals surface area contributed by atoms with Crippen molar-refractivity contribution in [2.45, 2.75) is 18.8 Å². The van der Waals surface area contributed by atoms with E-state index in [1.54, 1.807) is 0 Å². The zero-order valence-corrected chi connectivity index (χ0v) is 16.1. The summed E-state index contributed by atoms with van der Waals surface area (Å²) in [7, 11) is 0. The zero-order chi connectivity index (χ0) is 26.0. The number of halogens is 4. The fourth-order valence-corrected chi connectivity index (χ4v) is 2.88. The van der Waals surface area contributed by atoms with E-state index < -0.39 is 60.7 Å². The number of nitrogens with zero attached hydrogens (tertiary/aromatic N) is 2. The molecule has 29 heavy (non-hydrogen) atoms. The Morgan fingerprint density at radius 3 is 2.79 bits per heavy atom. The molecule has 156 valence electrons. The van der Waals surface area contributed by atoms with Gasteiger partial charge in [-0.3, -0.25) is 4.99 Å². The van der Waals surface area contributed by atoms with Gasteiger partial charge in [0.15, 0.2) is 11.2 Å². The van der Waals surface area contributed by atoms with Crippen LogP contribution in [0.3, 0.4) is 0 Å². The molecule has 0 aliphatic carbocycles. The van der Waals surface area contributed by atoms with Crippen molar-refractivity contribution in [1.82, 2.24) is 4.98 Å². The zero-order valence-electron chi connectivity index (χ0n) is 19.5. The van der Waals surface area contributed by atoms with Crippen molar-refractivity contribution in [3.8, 4) is 0 Å². The third-order valence-corrected chi connectivity index (χ3v) is 4.27. The van der Waals surface area contributed by atoms with Gasteiger partial charge in [0.1, 0.15) is 18.3 Å². The van der Waals surface area contributed by atoms with Crippen molar-refractivity contribution in [2.75, 3.05) is 18.9 Å². The van der Waals surface area contributed by atoms with Gasteiger partial charge in [-0.25, -0.2) is 22.9 Å². The number of aromatic carboxylic acids is 1. The number of amidine groups is 1. The number of aliphatic imine (C=N–C) groups is 1.